The molecule has 0 saturated carbocycles. The van der Waals surface area contributed by atoms with Gasteiger partial charge in [0.05, 0.1) is 0 Å². The van der Waals surface area contributed by atoms with E-state index in [0.29, 0.717) is 11.9 Å². The Bertz CT molecular complexity index is 383. The van der Waals surface area contributed by atoms with Crippen molar-refractivity contribution in [2.24, 2.45) is 5.84 Å². The Hall–Kier alpha value is -1.01. The molecular weight excluding hydrogens is 246 g/mol. The zero-order chi connectivity index (χ0) is 13.5. The molecule has 1 atom stereocenters. The first-order chi connectivity index (χ1) is 8.62. The highest BCUT2D eigenvalue weighted by Crippen LogP contribution is 2.20. The maximum atomic E-state index is 5.48. The third-order valence-electron chi connectivity index (χ3n) is 2.60. The topological polar surface area (TPSA) is 75.9 Å². The number of nitrogen functional groups attached to an aromatic ring is 1. The second-order valence-electron chi connectivity index (χ2n) is 4.16. The van der Waals surface area contributed by atoms with Crippen LogP contribution in [0.2, 0.25) is 0 Å². The molecule has 0 aliphatic heterocycles. The van der Waals surface area contributed by atoms with E-state index in [1.54, 1.807) is 0 Å². The molecule has 0 saturated heterocycles. The van der Waals surface area contributed by atoms with Crippen molar-refractivity contribution in [3.05, 3.63) is 11.4 Å². The van der Waals surface area contributed by atoms with Crippen LogP contribution in [0.1, 0.15) is 32.2 Å². The summed E-state index contributed by atoms with van der Waals surface area (Å²) in [6, 6.07) is 0.374. The number of hydrazine groups is 1. The minimum Gasteiger partial charge on any atom is -0.366 e. The van der Waals surface area contributed by atoms with Crippen LogP contribution in [0, 0.1) is 6.92 Å². The summed E-state index contributed by atoms with van der Waals surface area (Å²) in [7, 11) is 0. The quantitative estimate of drug-likeness (QED) is 0.520. The Morgan fingerprint density at radius 3 is 2.50 bits per heavy atom. The summed E-state index contributed by atoms with van der Waals surface area (Å²) in [6.45, 7) is 8.33. The zero-order valence-electron chi connectivity index (χ0n) is 11.6. The number of aromatic nitrogens is 2. The van der Waals surface area contributed by atoms with Gasteiger partial charge in [0.2, 0.25) is 0 Å². The Balaban J connectivity index is 2.86. The molecule has 0 bridgehead atoms. The number of anilines is 2. The Labute approximate surface area is 113 Å². The van der Waals surface area contributed by atoms with E-state index in [2.05, 4.69) is 34.6 Å². The Morgan fingerprint density at radius 1 is 1.28 bits per heavy atom. The summed E-state index contributed by atoms with van der Waals surface area (Å²) in [6.07, 6.45) is 0.793. The lowest BCUT2D eigenvalue weighted by atomic mass is 10.2. The van der Waals surface area contributed by atoms with E-state index in [1.807, 2.05) is 25.6 Å². The van der Waals surface area contributed by atoms with Gasteiger partial charge < -0.3 is 10.7 Å². The molecule has 1 aromatic rings. The number of hydrogen-bond donors (Lipinski definition) is 3. The average Bonchev–Trinajstić information content (AvgIpc) is 2.38. The molecule has 4 N–H and O–H groups in total. The minimum atomic E-state index is 0.374. The molecule has 102 valence electrons. The number of hydrogen-bond acceptors (Lipinski definition) is 6. The molecule has 5 nitrogen and oxygen atoms in total. The van der Waals surface area contributed by atoms with Crippen LogP contribution in [-0.4, -0.2) is 27.5 Å². The number of rotatable bonds is 7. The fourth-order valence-electron chi connectivity index (χ4n) is 1.57. The fraction of sp³-hybridized carbons (Fsp3) is 0.667. The number of aryl methyl sites for hydroxylation is 1. The predicted molar refractivity (Wildman–Crippen MR) is 80.0 cm³/mol. The molecule has 1 aromatic heterocycles. The molecule has 0 fully saturated rings. The molecule has 0 amide bonds. The summed E-state index contributed by atoms with van der Waals surface area (Å²) < 4.78 is 0. The maximum Gasteiger partial charge on any atom is 0.148 e. The summed E-state index contributed by atoms with van der Waals surface area (Å²) in [5, 5.41) is 3.43. The van der Waals surface area contributed by atoms with Crippen molar-refractivity contribution in [2.75, 3.05) is 22.2 Å². The van der Waals surface area contributed by atoms with Crippen LogP contribution in [-0.2, 0) is 6.42 Å². The first-order valence-corrected chi connectivity index (χ1v) is 7.46. The molecule has 0 aliphatic carbocycles. The molecule has 0 radical (unpaired) electrons. The van der Waals surface area contributed by atoms with Gasteiger partial charge >= 0.3 is 0 Å². The normalized spacial score (nSPS) is 12.3. The van der Waals surface area contributed by atoms with E-state index in [0.717, 1.165) is 35.1 Å². The van der Waals surface area contributed by atoms with Crippen molar-refractivity contribution in [1.82, 2.24) is 9.97 Å². The average molecular weight is 269 g/mol. The molecule has 0 aliphatic rings. The lowest BCUT2D eigenvalue weighted by Crippen LogP contribution is -2.21. The standard InChI is InChI=1S/C12H23N5S/c1-5-10-15-11(9(4)12(16-10)17-13)14-8(3)7-18-6-2/h8H,5-7,13H2,1-4H3,(H2,14,15,16,17). The van der Waals surface area contributed by atoms with Gasteiger partial charge in [0.1, 0.15) is 17.5 Å². The summed E-state index contributed by atoms with van der Waals surface area (Å²) in [5.41, 5.74) is 3.59. The summed E-state index contributed by atoms with van der Waals surface area (Å²) in [5.74, 6) is 10.0. The number of nitrogens with two attached hydrogens (primary N) is 1. The van der Waals surface area contributed by atoms with Crippen LogP contribution in [0.15, 0.2) is 0 Å². The molecule has 1 heterocycles. The van der Waals surface area contributed by atoms with Gasteiger partial charge in [-0.3, -0.25) is 0 Å². The van der Waals surface area contributed by atoms with E-state index in [-0.39, 0.29) is 0 Å². The largest absolute Gasteiger partial charge is 0.366 e. The lowest BCUT2D eigenvalue weighted by Gasteiger charge is -2.17. The van der Waals surface area contributed by atoms with Crippen LogP contribution in [0.25, 0.3) is 0 Å². The summed E-state index contributed by atoms with van der Waals surface area (Å²) in [4.78, 5) is 8.87. The predicted octanol–water partition coefficient (Wildman–Crippen LogP) is 2.19. The van der Waals surface area contributed by atoms with Crippen LogP contribution in [0.3, 0.4) is 0 Å². The first-order valence-electron chi connectivity index (χ1n) is 6.30. The van der Waals surface area contributed by atoms with Gasteiger partial charge in [0, 0.05) is 23.8 Å². The molecule has 0 spiro atoms. The van der Waals surface area contributed by atoms with Crippen LogP contribution in [0.5, 0.6) is 0 Å². The Morgan fingerprint density at radius 2 is 1.94 bits per heavy atom. The van der Waals surface area contributed by atoms with Crippen molar-refractivity contribution in [1.29, 1.82) is 0 Å². The second-order valence-corrected chi connectivity index (χ2v) is 5.48. The van der Waals surface area contributed by atoms with E-state index >= 15 is 0 Å². The van der Waals surface area contributed by atoms with Gasteiger partial charge in [-0.2, -0.15) is 11.8 Å². The van der Waals surface area contributed by atoms with E-state index in [9.17, 15) is 0 Å². The van der Waals surface area contributed by atoms with Crippen molar-refractivity contribution in [3.63, 3.8) is 0 Å². The van der Waals surface area contributed by atoms with Crippen LogP contribution >= 0.6 is 11.8 Å². The van der Waals surface area contributed by atoms with Gasteiger partial charge in [-0.05, 0) is 19.6 Å². The summed E-state index contributed by atoms with van der Waals surface area (Å²) >= 11 is 1.91. The fourth-order valence-corrected chi connectivity index (χ4v) is 2.24. The molecule has 0 aromatic carbocycles. The molecule has 1 unspecified atom stereocenters. The van der Waals surface area contributed by atoms with Crippen molar-refractivity contribution in [3.8, 4) is 0 Å². The van der Waals surface area contributed by atoms with Gasteiger partial charge in [-0.15, -0.1) is 0 Å². The second kappa shape index (κ2) is 7.43. The third-order valence-corrected chi connectivity index (χ3v) is 3.74. The van der Waals surface area contributed by atoms with Gasteiger partial charge in [0.25, 0.3) is 0 Å². The smallest absolute Gasteiger partial charge is 0.148 e. The maximum absolute atomic E-state index is 5.48. The SMILES string of the molecule is CCSCC(C)Nc1nc(CC)nc(NN)c1C. The molecule has 6 heteroatoms. The van der Waals surface area contributed by atoms with Crippen molar-refractivity contribution in [2.45, 2.75) is 40.2 Å². The van der Waals surface area contributed by atoms with E-state index in [1.165, 1.54) is 0 Å². The van der Waals surface area contributed by atoms with Gasteiger partial charge in [-0.25, -0.2) is 15.8 Å². The number of thioether (sulfide) groups is 1. The highest BCUT2D eigenvalue weighted by Gasteiger charge is 2.11. The van der Waals surface area contributed by atoms with E-state index in [4.69, 9.17) is 5.84 Å². The first kappa shape index (κ1) is 15.0. The zero-order valence-corrected chi connectivity index (χ0v) is 12.4. The van der Waals surface area contributed by atoms with Crippen molar-refractivity contribution < 1.29 is 0 Å². The van der Waals surface area contributed by atoms with Gasteiger partial charge in [0.15, 0.2) is 0 Å². The number of nitrogens with one attached hydrogen (secondary N) is 2. The molecule has 18 heavy (non-hydrogen) atoms. The number of nitrogens with zero attached hydrogens (tertiary/aromatic N) is 2. The van der Waals surface area contributed by atoms with Crippen LogP contribution < -0.4 is 16.6 Å². The molecule has 1 rings (SSSR count). The van der Waals surface area contributed by atoms with Gasteiger partial charge in [-0.1, -0.05) is 13.8 Å². The minimum absolute atomic E-state index is 0.374. The lowest BCUT2D eigenvalue weighted by molar-refractivity contribution is 0.870. The third kappa shape index (κ3) is 4.03. The highest BCUT2D eigenvalue weighted by atomic mass is 32.2. The highest BCUT2D eigenvalue weighted by molar-refractivity contribution is 7.99. The molecular formula is C12H23N5S. The van der Waals surface area contributed by atoms with Crippen LogP contribution in [0.4, 0.5) is 11.6 Å². The van der Waals surface area contributed by atoms with Crippen molar-refractivity contribution >= 4 is 23.4 Å². The van der Waals surface area contributed by atoms with E-state index < -0.39 is 0 Å². The monoisotopic (exact) mass is 269 g/mol. The Kier molecular flexibility index (Phi) is 6.21.